The number of nitrogens with zero attached hydrogens (tertiary/aromatic N) is 7. The Morgan fingerprint density at radius 3 is 2.68 bits per heavy atom. The summed E-state index contributed by atoms with van der Waals surface area (Å²) < 4.78 is 30.4. The molecule has 11 heteroatoms. The predicted molar refractivity (Wildman–Crippen MR) is 128 cm³/mol. The third kappa shape index (κ3) is 3.41. The second-order valence-corrected chi connectivity index (χ2v) is 10.2. The molecule has 0 amide bonds. The molecule has 6 rings (SSSR count). The quantitative estimate of drug-likeness (QED) is 0.410. The van der Waals surface area contributed by atoms with Gasteiger partial charge in [-0.15, -0.1) is 10.2 Å². The van der Waals surface area contributed by atoms with Crippen LogP contribution in [0.3, 0.4) is 0 Å². The van der Waals surface area contributed by atoms with Gasteiger partial charge in [0.15, 0.2) is 5.82 Å². The SMILES string of the molecule is CC1(C)[C@H]2CC[C@@]1(c1ccnc(-n3cnc(C[C@@H](O)CO)n3)n1)c1nnc(-c3c(F)cccc3F)cc12. The van der Waals surface area contributed by atoms with Crippen LogP contribution in [-0.4, -0.2) is 57.9 Å². The maximum atomic E-state index is 14.5. The Balaban J connectivity index is 1.43. The van der Waals surface area contributed by atoms with Crippen LogP contribution in [0, 0.1) is 17.0 Å². The monoisotopic (exact) mass is 505 g/mol. The normalized spacial score (nSPS) is 22.3. The standard InChI is InChI=1S/C26H25F2N7O2/c1-25(2)16-6-8-26(25,23-15(16)11-19(32-33-23)22-17(27)4-3-5-18(22)28)20-7-9-29-24(31-20)35-13-30-21(34-35)10-14(37)12-36/h3-5,7,9,11,13-14,16,36-37H,6,8,10,12H2,1-2H3/t14-,16+,26-/m1/s1. The molecule has 1 aromatic carbocycles. The van der Waals surface area contributed by atoms with E-state index in [0.717, 1.165) is 29.8 Å². The van der Waals surface area contributed by atoms with E-state index in [1.54, 1.807) is 12.3 Å². The van der Waals surface area contributed by atoms with Crippen molar-refractivity contribution >= 4 is 0 Å². The van der Waals surface area contributed by atoms with Gasteiger partial charge < -0.3 is 10.2 Å². The molecular formula is C26H25F2N7O2. The minimum Gasteiger partial charge on any atom is -0.394 e. The van der Waals surface area contributed by atoms with Gasteiger partial charge in [-0.05, 0) is 54.0 Å². The number of aromatic nitrogens is 7. The molecule has 0 saturated heterocycles. The molecule has 0 aliphatic heterocycles. The topological polar surface area (TPSA) is 123 Å². The van der Waals surface area contributed by atoms with Gasteiger partial charge in [0.25, 0.3) is 5.95 Å². The van der Waals surface area contributed by atoms with Crippen LogP contribution in [0.1, 0.15) is 55.4 Å². The summed E-state index contributed by atoms with van der Waals surface area (Å²) in [5.41, 5.74) is 1.60. The second-order valence-electron chi connectivity index (χ2n) is 10.2. The number of hydrogen-bond acceptors (Lipinski definition) is 8. The minimum absolute atomic E-state index is 0.107. The van der Waals surface area contributed by atoms with Crippen LogP contribution in [0.4, 0.5) is 8.78 Å². The summed E-state index contributed by atoms with van der Waals surface area (Å²) in [6.45, 7) is 3.95. The van der Waals surface area contributed by atoms with Gasteiger partial charge in [0.1, 0.15) is 18.0 Å². The van der Waals surface area contributed by atoms with Gasteiger partial charge in [-0.1, -0.05) is 19.9 Å². The molecule has 3 heterocycles. The summed E-state index contributed by atoms with van der Waals surface area (Å²) >= 11 is 0. The zero-order valence-corrected chi connectivity index (χ0v) is 20.3. The van der Waals surface area contributed by atoms with E-state index in [1.165, 1.54) is 29.2 Å². The molecule has 1 saturated carbocycles. The highest BCUT2D eigenvalue weighted by atomic mass is 19.1. The third-order valence-electron chi connectivity index (χ3n) is 8.05. The summed E-state index contributed by atoms with van der Waals surface area (Å²) in [4.78, 5) is 13.4. The zero-order valence-electron chi connectivity index (χ0n) is 20.3. The van der Waals surface area contributed by atoms with Gasteiger partial charge >= 0.3 is 0 Å². The summed E-state index contributed by atoms with van der Waals surface area (Å²) in [5.74, 6) is -0.561. The van der Waals surface area contributed by atoms with Crippen molar-refractivity contribution in [2.24, 2.45) is 5.41 Å². The molecule has 2 aliphatic rings. The number of aliphatic hydroxyl groups excluding tert-OH is 2. The maximum Gasteiger partial charge on any atom is 0.252 e. The molecule has 3 aromatic heterocycles. The maximum absolute atomic E-state index is 14.5. The Morgan fingerprint density at radius 2 is 1.92 bits per heavy atom. The number of aliphatic hydroxyl groups is 2. The van der Waals surface area contributed by atoms with Crippen LogP contribution < -0.4 is 0 Å². The summed E-state index contributed by atoms with van der Waals surface area (Å²) in [5, 5.41) is 32.0. The predicted octanol–water partition coefficient (Wildman–Crippen LogP) is 2.89. The minimum atomic E-state index is -0.950. The Labute approximate surface area is 211 Å². The van der Waals surface area contributed by atoms with Gasteiger partial charge in [0.05, 0.1) is 40.8 Å². The molecule has 37 heavy (non-hydrogen) atoms. The molecule has 0 radical (unpaired) electrons. The fourth-order valence-electron chi connectivity index (χ4n) is 6.22. The first-order chi connectivity index (χ1) is 17.8. The van der Waals surface area contributed by atoms with E-state index in [1.807, 2.05) is 6.07 Å². The van der Waals surface area contributed by atoms with Crippen LogP contribution in [-0.2, 0) is 11.8 Å². The molecule has 2 aliphatic carbocycles. The average molecular weight is 506 g/mol. The Hall–Kier alpha value is -3.70. The zero-order chi connectivity index (χ0) is 25.9. The summed E-state index contributed by atoms with van der Waals surface area (Å²) in [6, 6.07) is 7.40. The van der Waals surface area contributed by atoms with Crippen molar-refractivity contribution in [2.45, 2.75) is 50.5 Å². The second kappa shape index (κ2) is 8.42. The van der Waals surface area contributed by atoms with Crippen molar-refractivity contribution in [3.63, 3.8) is 0 Å². The van der Waals surface area contributed by atoms with Gasteiger partial charge in [-0.2, -0.15) is 9.78 Å². The molecule has 3 atom stereocenters. The largest absolute Gasteiger partial charge is 0.394 e. The van der Waals surface area contributed by atoms with E-state index in [2.05, 4.69) is 39.1 Å². The van der Waals surface area contributed by atoms with Crippen molar-refractivity contribution in [2.75, 3.05) is 6.61 Å². The highest BCUT2D eigenvalue weighted by Gasteiger charge is 2.65. The summed E-state index contributed by atoms with van der Waals surface area (Å²) in [7, 11) is 0. The lowest BCUT2D eigenvalue weighted by Gasteiger charge is -2.37. The van der Waals surface area contributed by atoms with Crippen molar-refractivity contribution < 1.29 is 19.0 Å². The number of benzene rings is 1. The fourth-order valence-corrected chi connectivity index (χ4v) is 6.22. The first-order valence-corrected chi connectivity index (χ1v) is 12.1. The number of hydrogen-bond donors (Lipinski definition) is 2. The number of halogens is 2. The Kier molecular flexibility index (Phi) is 5.39. The molecule has 4 aromatic rings. The van der Waals surface area contributed by atoms with Crippen molar-refractivity contribution in [1.82, 2.24) is 34.9 Å². The van der Waals surface area contributed by atoms with Crippen LogP contribution in [0.25, 0.3) is 17.2 Å². The van der Waals surface area contributed by atoms with E-state index in [-0.39, 0.29) is 35.6 Å². The lowest BCUT2D eigenvalue weighted by atomic mass is 9.66. The van der Waals surface area contributed by atoms with Crippen molar-refractivity contribution in [3.8, 4) is 17.2 Å². The molecule has 9 nitrogen and oxygen atoms in total. The molecule has 0 unspecified atom stereocenters. The van der Waals surface area contributed by atoms with Crippen LogP contribution >= 0.6 is 0 Å². The fraction of sp³-hybridized carbons (Fsp3) is 0.385. The highest BCUT2D eigenvalue weighted by molar-refractivity contribution is 5.64. The van der Waals surface area contributed by atoms with E-state index in [0.29, 0.717) is 11.8 Å². The molecule has 2 bridgehead atoms. The molecule has 190 valence electrons. The van der Waals surface area contributed by atoms with Crippen molar-refractivity contribution in [1.29, 1.82) is 0 Å². The Bertz CT molecular complexity index is 1490. The van der Waals surface area contributed by atoms with Gasteiger partial charge in [-0.25, -0.2) is 23.7 Å². The molecule has 2 N–H and O–H groups in total. The first-order valence-electron chi connectivity index (χ1n) is 12.1. The van der Waals surface area contributed by atoms with Crippen molar-refractivity contribution in [3.05, 3.63) is 77.3 Å². The smallest absolute Gasteiger partial charge is 0.252 e. The van der Waals surface area contributed by atoms with E-state index >= 15 is 0 Å². The van der Waals surface area contributed by atoms with Gasteiger partial charge in [0, 0.05) is 12.6 Å². The lowest BCUT2D eigenvalue weighted by molar-refractivity contribution is 0.0939. The number of rotatable bonds is 6. The molecule has 0 spiro atoms. The van der Waals surface area contributed by atoms with Gasteiger partial charge in [-0.3, -0.25) is 0 Å². The van der Waals surface area contributed by atoms with Crippen LogP contribution in [0.5, 0.6) is 0 Å². The van der Waals surface area contributed by atoms with Crippen LogP contribution in [0.2, 0.25) is 0 Å². The lowest BCUT2D eigenvalue weighted by Crippen LogP contribution is -2.38. The Morgan fingerprint density at radius 1 is 1.14 bits per heavy atom. The summed E-state index contributed by atoms with van der Waals surface area (Å²) in [6.07, 6.45) is 3.95. The van der Waals surface area contributed by atoms with Gasteiger partial charge in [0.2, 0.25) is 0 Å². The molecule has 1 fully saturated rings. The average Bonchev–Trinajstić information content (AvgIpc) is 3.51. The van der Waals surface area contributed by atoms with E-state index in [4.69, 9.17) is 10.1 Å². The van der Waals surface area contributed by atoms with E-state index in [9.17, 15) is 13.9 Å². The van der Waals surface area contributed by atoms with E-state index < -0.39 is 23.2 Å². The third-order valence-corrected chi connectivity index (χ3v) is 8.05. The number of fused-ring (bicyclic) bond motifs is 5. The highest BCUT2D eigenvalue weighted by Crippen LogP contribution is 2.69. The molecular weight excluding hydrogens is 480 g/mol. The first kappa shape index (κ1) is 23.7. The van der Waals surface area contributed by atoms with Crippen LogP contribution in [0.15, 0.2) is 42.9 Å².